The molecule has 0 saturated carbocycles. The van der Waals surface area contributed by atoms with Crippen LogP contribution in [0.25, 0.3) is 0 Å². The van der Waals surface area contributed by atoms with Crippen LogP contribution in [0.2, 0.25) is 5.02 Å². The first kappa shape index (κ1) is 14.3. The van der Waals surface area contributed by atoms with Crippen molar-refractivity contribution < 1.29 is 4.79 Å². The van der Waals surface area contributed by atoms with Crippen LogP contribution in [0, 0.1) is 0 Å². The third kappa shape index (κ3) is 4.22. The van der Waals surface area contributed by atoms with Crippen molar-refractivity contribution in [2.75, 3.05) is 12.4 Å². The molecule has 4 N–H and O–H groups in total. The molecule has 20 heavy (non-hydrogen) atoms. The van der Waals surface area contributed by atoms with E-state index < -0.39 is 0 Å². The molecule has 1 aromatic carbocycles. The summed E-state index contributed by atoms with van der Waals surface area (Å²) in [5.74, 6) is 0.918. The normalized spacial score (nSPS) is 10.3. The maximum atomic E-state index is 11.3. The van der Waals surface area contributed by atoms with E-state index in [4.69, 9.17) is 11.6 Å². The summed E-state index contributed by atoms with van der Waals surface area (Å²) in [4.78, 5) is 15.6. The van der Waals surface area contributed by atoms with E-state index in [0.717, 1.165) is 5.69 Å². The second-order valence-corrected chi connectivity index (χ2v) is 4.47. The van der Waals surface area contributed by atoms with Crippen LogP contribution in [0.3, 0.4) is 0 Å². The van der Waals surface area contributed by atoms with Crippen LogP contribution in [0.1, 0.15) is 11.6 Å². The molecule has 2 rings (SSSR count). The molecule has 0 aliphatic rings. The molecule has 2 aromatic rings. The zero-order valence-electron chi connectivity index (χ0n) is 10.9. The second-order valence-electron chi connectivity index (χ2n) is 4.03. The fraction of sp³-hybridized carbons (Fsp3) is 0.250. The van der Waals surface area contributed by atoms with E-state index >= 15 is 0 Å². The molecule has 106 valence electrons. The van der Waals surface area contributed by atoms with E-state index in [1.54, 1.807) is 19.2 Å². The zero-order valence-corrected chi connectivity index (χ0v) is 11.7. The molecule has 8 heteroatoms. The number of hydrogen-bond donors (Lipinski definition) is 4. The molecular weight excluding hydrogens is 280 g/mol. The summed E-state index contributed by atoms with van der Waals surface area (Å²) in [6, 6.07) is 7.36. The average Bonchev–Trinajstić information content (AvgIpc) is 2.86. The van der Waals surface area contributed by atoms with Gasteiger partial charge in [-0.1, -0.05) is 11.6 Å². The van der Waals surface area contributed by atoms with Crippen LogP contribution in [-0.2, 0) is 17.8 Å². The average molecular weight is 295 g/mol. The number of aromatic nitrogens is 3. The van der Waals surface area contributed by atoms with E-state index in [2.05, 4.69) is 31.3 Å². The molecule has 0 aliphatic heterocycles. The van der Waals surface area contributed by atoms with Gasteiger partial charge in [0.2, 0.25) is 5.91 Å². The van der Waals surface area contributed by atoms with Crippen molar-refractivity contribution in [2.24, 2.45) is 0 Å². The van der Waals surface area contributed by atoms with Crippen LogP contribution < -0.4 is 16.2 Å². The van der Waals surface area contributed by atoms with E-state index in [-0.39, 0.29) is 12.3 Å². The highest BCUT2D eigenvalue weighted by Crippen LogP contribution is 2.13. The Kier molecular flexibility index (Phi) is 4.91. The van der Waals surface area contributed by atoms with Gasteiger partial charge in [-0.25, -0.2) is 10.4 Å². The largest absolute Gasteiger partial charge is 0.378 e. The highest BCUT2D eigenvalue weighted by molar-refractivity contribution is 6.30. The quantitative estimate of drug-likeness (QED) is 0.593. The van der Waals surface area contributed by atoms with Gasteiger partial charge < -0.3 is 5.32 Å². The van der Waals surface area contributed by atoms with E-state index in [1.807, 2.05) is 12.1 Å². The molecular formula is C12H15ClN6O. The third-order valence-corrected chi connectivity index (χ3v) is 2.72. The monoisotopic (exact) mass is 294 g/mol. The summed E-state index contributed by atoms with van der Waals surface area (Å²) in [7, 11) is 1.62. The number of amides is 1. The van der Waals surface area contributed by atoms with Gasteiger partial charge in [0.15, 0.2) is 5.82 Å². The maximum Gasteiger partial charge on any atom is 0.241 e. The second kappa shape index (κ2) is 6.88. The fourth-order valence-electron chi connectivity index (χ4n) is 1.57. The summed E-state index contributed by atoms with van der Waals surface area (Å²) < 4.78 is 0. The minimum atomic E-state index is -0.191. The summed E-state index contributed by atoms with van der Waals surface area (Å²) in [6.45, 7) is 0.488. The lowest BCUT2D eigenvalue weighted by molar-refractivity contribution is -0.121. The predicted octanol–water partition coefficient (Wildman–Crippen LogP) is 0.863. The topological polar surface area (TPSA) is 94.7 Å². The summed E-state index contributed by atoms with van der Waals surface area (Å²) in [5.41, 5.74) is 5.94. The van der Waals surface area contributed by atoms with Crippen LogP contribution in [-0.4, -0.2) is 28.1 Å². The minimum Gasteiger partial charge on any atom is -0.378 e. The van der Waals surface area contributed by atoms with Crippen molar-refractivity contribution in [3.63, 3.8) is 0 Å². The Morgan fingerprint density at radius 3 is 2.80 bits per heavy atom. The molecule has 0 bridgehead atoms. The van der Waals surface area contributed by atoms with Gasteiger partial charge in [0.05, 0.1) is 13.0 Å². The Labute approximate surface area is 121 Å². The summed E-state index contributed by atoms with van der Waals surface area (Å²) >= 11 is 5.81. The van der Waals surface area contributed by atoms with Gasteiger partial charge in [-0.05, 0) is 24.3 Å². The number of hydrogen-bond acceptors (Lipinski definition) is 5. The van der Waals surface area contributed by atoms with Crippen molar-refractivity contribution >= 4 is 23.2 Å². The molecule has 0 atom stereocenters. The Balaban J connectivity index is 1.86. The highest BCUT2D eigenvalue weighted by atomic mass is 35.5. The number of nitrogens with one attached hydrogen (secondary N) is 4. The lowest BCUT2D eigenvalue weighted by Gasteiger charge is -2.03. The van der Waals surface area contributed by atoms with Gasteiger partial charge in [-0.15, -0.1) is 0 Å². The van der Waals surface area contributed by atoms with Crippen molar-refractivity contribution in [3.8, 4) is 0 Å². The van der Waals surface area contributed by atoms with Gasteiger partial charge in [0.1, 0.15) is 5.82 Å². The first-order valence-electron chi connectivity index (χ1n) is 6.02. The van der Waals surface area contributed by atoms with Gasteiger partial charge in [-0.3, -0.25) is 15.3 Å². The molecule has 1 heterocycles. The first-order chi connectivity index (χ1) is 9.67. The smallest absolute Gasteiger partial charge is 0.241 e. The van der Waals surface area contributed by atoms with Gasteiger partial charge in [0, 0.05) is 17.8 Å². The number of hydrazine groups is 1. The summed E-state index contributed by atoms with van der Waals surface area (Å²) in [6.07, 6.45) is 0.123. The molecule has 0 fully saturated rings. The first-order valence-corrected chi connectivity index (χ1v) is 6.40. The lowest BCUT2D eigenvalue weighted by atomic mass is 10.3. The fourth-order valence-corrected chi connectivity index (χ4v) is 1.70. The third-order valence-electron chi connectivity index (χ3n) is 2.47. The van der Waals surface area contributed by atoms with E-state index in [1.165, 1.54) is 0 Å². The van der Waals surface area contributed by atoms with Crippen molar-refractivity contribution in [3.05, 3.63) is 40.9 Å². The number of carbonyl (C=O) groups excluding carboxylic acids is 1. The van der Waals surface area contributed by atoms with Gasteiger partial charge in [-0.2, -0.15) is 5.10 Å². The van der Waals surface area contributed by atoms with Gasteiger partial charge >= 0.3 is 0 Å². The number of H-pyrrole nitrogens is 1. The molecule has 1 amide bonds. The maximum absolute atomic E-state index is 11.3. The molecule has 0 saturated heterocycles. The molecule has 7 nitrogen and oxygen atoms in total. The predicted molar refractivity (Wildman–Crippen MR) is 76.1 cm³/mol. The molecule has 0 radical (unpaired) electrons. The van der Waals surface area contributed by atoms with Crippen molar-refractivity contribution in [1.29, 1.82) is 0 Å². The molecule has 1 aromatic heterocycles. The lowest BCUT2D eigenvalue weighted by Crippen LogP contribution is -2.35. The van der Waals surface area contributed by atoms with E-state index in [9.17, 15) is 4.79 Å². The van der Waals surface area contributed by atoms with Crippen LogP contribution in [0.5, 0.6) is 0 Å². The number of anilines is 1. The molecule has 0 spiro atoms. The SMILES string of the molecule is CNNC(=O)Cc1n[nH]c(CNc2ccc(Cl)cc2)n1. The van der Waals surface area contributed by atoms with Crippen molar-refractivity contribution in [2.45, 2.75) is 13.0 Å². The standard InChI is InChI=1S/C12H15ClN6O/c1-14-19-12(20)6-10-16-11(18-17-10)7-15-9-4-2-8(13)3-5-9/h2-5,14-15H,6-7H2,1H3,(H,19,20)(H,16,17,18). The Bertz CT molecular complexity index is 568. The number of halogens is 1. The zero-order chi connectivity index (χ0) is 14.4. The molecule has 0 aliphatic carbocycles. The summed E-state index contributed by atoms with van der Waals surface area (Å²) in [5, 5.41) is 10.6. The number of nitrogens with zero attached hydrogens (tertiary/aromatic N) is 2. The Morgan fingerprint density at radius 2 is 2.10 bits per heavy atom. The van der Waals surface area contributed by atoms with Gasteiger partial charge in [0.25, 0.3) is 0 Å². The van der Waals surface area contributed by atoms with Crippen molar-refractivity contribution in [1.82, 2.24) is 26.0 Å². The highest BCUT2D eigenvalue weighted by Gasteiger charge is 2.08. The Morgan fingerprint density at radius 1 is 1.35 bits per heavy atom. The minimum absolute atomic E-state index is 0.123. The number of benzene rings is 1. The van der Waals surface area contributed by atoms with Crippen LogP contribution in [0.15, 0.2) is 24.3 Å². The van der Waals surface area contributed by atoms with Crippen LogP contribution >= 0.6 is 11.6 Å². The number of aromatic amines is 1. The van der Waals surface area contributed by atoms with E-state index in [0.29, 0.717) is 23.2 Å². The number of carbonyl (C=O) groups is 1. The molecule has 0 unspecified atom stereocenters. The van der Waals surface area contributed by atoms with Crippen LogP contribution in [0.4, 0.5) is 5.69 Å². The Hall–Kier alpha value is -2.12. The number of rotatable bonds is 6.